The van der Waals surface area contributed by atoms with Gasteiger partial charge in [0.25, 0.3) is 11.8 Å². The molecular formula is C22H22Cl2N2O6. The SMILES string of the molecule is O=C(COc1ccc(Cl)cc1)N[C@H]1CO[C@H]2[C@@H]1OC[C@H]2NC(=O)COc1ccc(Cl)cc1. The number of hydrogen-bond donors (Lipinski definition) is 2. The van der Waals surface area contributed by atoms with Crippen molar-refractivity contribution in [3.05, 3.63) is 58.6 Å². The molecule has 0 aromatic heterocycles. The van der Waals surface area contributed by atoms with Crippen LogP contribution in [0.15, 0.2) is 48.5 Å². The second kappa shape index (κ2) is 10.4. The topological polar surface area (TPSA) is 95.1 Å². The molecule has 0 aliphatic carbocycles. The van der Waals surface area contributed by atoms with E-state index in [9.17, 15) is 9.59 Å². The van der Waals surface area contributed by atoms with Crippen LogP contribution < -0.4 is 20.1 Å². The van der Waals surface area contributed by atoms with Crippen molar-refractivity contribution in [3.8, 4) is 11.5 Å². The predicted molar refractivity (Wildman–Crippen MR) is 117 cm³/mol. The summed E-state index contributed by atoms with van der Waals surface area (Å²) in [6.45, 7) is 0.292. The Morgan fingerprint density at radius 2 is 1.12 bits per heavy atom. The second-order valence-corrected chi connectivity index (χ2v) is 8.30. The van der Waals surface area contributed by atoms with Gasteiger partial charge in [0.05, 0.1) is 25.3 Å². The summed E-state index contributed by atoms with van der Waals surface area (Å²) < 4.78 is 22.5. The third kappa shape index (κ3) is 5.83. The molecule has 2 heterocycles. The lowest BCUT2D eigenvalue weighted by Gasteiger charge is -2.18. The first-order chi connectivity index (χ1) is 15.5. The van der Waals surface area contributed by atoms with Crippen LogP contribution >= 0.6 is 23.2 Å². The van der Waals surface area contributed by atoms with E-state index in [1.807, 2.05) is 0 Å². The molecule has 2 aliphatic rings. The number of fused-ring (bicyclic) bond motifs is 1. The summed E-state index contributed by atoms with van der Waals surface area (Å²) in [5, 5.41) is 6.92. The minimum absolute atomic E-state index is 0.141. The molecule has 2 aliphatic heterocycles. The first-order valence-corrected chi connectivity index (χ1v) is 10.8. The molecule has 4 rings (SSSR count). The maximum Gasteiger partial charge on any atom is 0.258 e. The van der Waals surface area contributed by atoms with E-state index in [0.29, 0.717) is 21.5 Å². The summed E-state index contributed by atoms with van der Waals surface area (Å²) in [5.41, 5.74) is 0. The Labute approximate surface area is 195 Å². The van der Waals surface area contributed by atoms with E-state index in [4.69, 9.17) is 42.1 Å². The third-order valence-electron chi connectivity index (χ3n) is 5.11. The number of amides is 2. The number of nitrogens with one attached hydrogen (secondary N) is 2. The first kappa shape index (κ1) is 22.7. The highest BCUT2D eigenvalue weighted by Crippen LogP contribution is 2.27. The fourth-order valence-electron chi connectivity index (χ4n) is 3.60. The lowest BCUT2D eigenvalue weighted by Crippen LogP contribution is -2.48. The normalized spacial score (nSPS) is 23.9. The summed E-state index contributed by atoms with van der Waals surface area (Å²) in [6, 6.07) is 12.8. The summed E-state index contributed by atoms with van der Waals surface area (Å²) in [6.07, 6.45) is -0.700. The van der Waals surface area contributed by atoms with Gasteiger partial charge in [0.1, 0.15) is 23.7 Å². The molecule has 2 aromatic rings. The number of halogens is 2. The van der Waals surface area contributed by atoms with Crippen LogP contribution in [0, 0.1) is 0 Å². The molecule has 10 heteroatoms. The van der Waals surface area contributed by atoms with Gasteiger partial charge in [-0.25, -0.2) is 0 Å². The number of carbonyl (C=O) groups is 2. The largest absolute Gasteiger partial charge is 0.484 e. The molecule has 2 aromatic carbocycles. The van der Waals surface area contributed by atoms with Gasteiger partial charge in [-0.15, -0.1) is 0 Å². The van der Waals surface area contributed by atoms with Crippen LogP contribution in [0.4, 0.5) is 0 Å². The van der Waals surface area contributed by atoms with Gasteiger partial charge in [0, 0.05) is 10.0 Å². The van der Waals surface area contributed by atoms with Crippen molar-refractivity contribution >= 4 is 35.0 Å². The van der Waals surface area contributed by atoms with Crippen LogP contribution in [0.5, 0.6) is 11.5 Å². The molecule has 0 saturated carbocycles. The Hall–Kier alpha value is -2.52. The van der Waals surface area contributed by atoms with Gasteiger partial charge >= 0.3 is 0 Å². The van der Waals surface area contributed by atoms with E-state index in [2.05, 4.69) is 10.6 Å². The molecule has 2 N–H and O–H groups in total. The molecule has 4 atom stereocenters. The van der Waals surface area contributed by atoms with Crippen molar-refractivity contribution in [2.75, 3.05) is 26.4 Å². The standard InChI is InChI=1S/C22H22Cl2N2O6/c23-13-1-5-15(6-2-13)29-11-19(27)25-17-9-31-22-18(10-32-21(17)22)26-20(28)12-30-16-7-3-14(24)4-8-16/h1-8,17-18,21-22H,9-12H2,(H,25,27)(H,26,28)/t17-,18+,21-,22-/m1/s1. The lowest BCUT2D eigenvalue weighted by atomic mass is 10.1. The number of carbonyl (C=O) groups excluding carboxylic acids is 2. The van der Waals surface area contributed by atoms with Crippen LogP contribution in [0.2, 0.25) is 10.0 Å². The average molecular weight is 481 g/mol. The quantitative estimate of drug-likeness (QED) is 0.601. The Morgan fingerprint density at radius 3 is 1.50 bits per heavy atom. The van der Waals surface area contributed by atoms with Crippen LogP contribution in [0.3, 0.4) is 0 Å². The van der Waals surface area contributed by atoms with Crippen LogP contribution in [0.25, 0.3) is 0 Å². The van der Waals surface area contributed by atoms with Gasteiger partial charge in [-0.2, -0.15) is 0 Å². The van der Waals surface area contributed by atoms with E-state index in [1.54, 1.807) is 48.5 Å². The fraction of sp³-hybridized carbons (Fsp3) is 0.364. The molecule has 2 amide bonds. The molecule has 0 spiro atoms. The second-order valence-electron chi connectivity index (χ2n) is 7.43. The summed E-state index contributed by atoms with van der Waals surface area (Å²) in [4.78, 5) is 24.5. The molecule has 2 fully saturated rings. The van der Waals surface area contributed by atoms with Gasteiger partial charge < -0.3 is 29.6 Å². The molecule has 170 valence electrons. The Kier molecular flexibility index (Phi) is 7.36. The Morgan fingerprint density at radius 1 is 0.750 bits per heavy atom. The van der Waals surface area contributed by atoms with E-state index in [-0.39, 0.29) is 62.5 Å². The number of ether oxygens (including phenoxy) is 4. The first-order valence-electron chi connectivity index (χ1n) is 10.1. The minimum Gasteiger partial charge on any atom is -0.484 e. The maximum absolute atomic E-state index is 12.3. The number of hydrogen-bond acceptors (Lipinski definition) is 6. The minimum atomic E-state index is -0.350. The van der Waals surface area contributed by atoms with Gasteiger partial charge in [-0.3, -0.25) is 9.59 Å². The zero-order valence-corrected chi connectivity index (χ0v) is 18.5. The molecule has 32 heavy (non-hydrogen) atoms. The molecule has 0 unspecified atom stereocenters. The van der Waals surface area contributed by atoms with Gasteiger partial charge in [0.15, 0.2) is 13.2 Å². The molecule has 2 saturated heterocycles. The average Bonchev–Trinajstić information content (AvgIpc) is 3.36. The highest BCUT2D eigenvalue weighted by atomic mass is 35.5. The van der Waals surface area contributed by atoms with Crippen molar-refractivity contribution in [3.63, 3.8) is 0 Å². The molecule has 0 bridgehead atoms. The summed E-state index contributed by atoms with van der Waals surface area (Å²) in [5.74, 6) is 0.514. The summed E-state index contributed by atoms with van der Waals surface area (Å²) in [7, 11) is 0. The zero-order valence-electron chi connectivity index (χ0n) is 17.0. The maximum atomic E-state index is 12.3. The smallest absolute Gasteiger partial charge is 0.258 e. The van der Waals surface area contributed by atoms with Crippen molar-refractivity contribution < 1.29 is 28.5 Å². The summed E-state index contributed by atoms with van der Waals surface area (Å²) >= 11 is 11.7. The Balaban J connectivity index is 1.20. The number of benzene rings is 2. The molecular weight excluding hydrogens is 459 g/mol. The van der Waals surface area contributed by atoms with Gasteiger partial charge in [-0.05, 0) is 48.5 Å². The predicted octanol–water partition coefficient (Wildman–Crippen LogP) is 2.22. The van der Waals surface area contributed by atoms with Crippen molar-refractivity contribution in [1.29, 1.82) is 0 Å². The van der Waals surface area contributed by atoms with Gasteiger partial charge in [-0.1, -0.05) is 23.2 Å². The van der Waals surface area contributed by atoms with Crippen molar-refractivity contribution in [1.82, 2.24) is 10.6 Å². The van der Waals surface area contributed by atoms with Crippen LogP contribution in [0.1, 0.15) is 0 Å². The van der Waals surface area contributed by atoms with Gasteiger partial charge in [0.2, 0.25) is 0 Å². The monoisotopic (exact) mass is 480 g/mol. The molecule has 8 nitrogen and oxygen atoms in total. The highest BCUT2D eigenvalue weighted by Gasteiger charge is 2.48. The van der Waals surface area contributed by atoms with Crippen LogP contribution in [-0.2, 0) is 19.1 Å². The van der Waals surface area contributed by atoms with Crippen molar-refractivity contribution in [2.24, 2.45) is 0 Å². The van der Waals surface area contributed by atoms with E-state index < -0.39 is 0 Å². The molecule has 0 radical (unpaired) electrons. The lowest BCUT2D eigenvalue weighted by molar-refractivity contribution is -0.124. The Bertz CT molecular complexity index is 863. The van der Waals surface area contributed by atoms with Crippen molar-refractivity contribution in [2.45, 2.75) is 24.3 Å². The number of rotatable bonds is 8. The third-order valence-corrected chi connectivity index (χ3v) is 5.62. The van der Waals surface area contributed by atoms with E-state index in [0.717, 1.165) is 0 Å². The fourth-order valence-corrected chi connectivity index (χ4v) is 3.86. The van der Waals surface area contributed by atoms with Crippen LogP contribution in [-0.4, -0.2) is 62.5 Å². The van der Waals surface area contributed by atoms with E-state index >= 15 is 0 Å². The zero-order chi connectivity index (χ0) is 22.5. The van der Waals surface area contributed by atoms with E-state index in [1.165, 1.54) is 0 Å². The highest BCUT2D eigenvalue weighted by molar-refractivity contribution is 6.30.